The van der Waals surface area contributed by atoms with E-state index < -0.39 is 8.07 Å². The number of allylic oxidation sites excluding steroid dienone is 2. The van der Waals surface area contributed by atoms with Gasteiger partial charge >= 0.3 is 0 Å². The molecule has 0 aliphatic carbocycles. The van der Waals surface area contributed by atoms with E-state index in [0.29, 0.717) is 5.54 Å². The molecule has 1 unspecified atom stereocenters. The van der Waals surface area contributed by atoms with Crippen molar-refractivity contribution in [1.82, 2.24) is 4.57 Å². The van der Waals surface area contributed by atoms with Gasteiger partial charge in [0.25, 0.3) is 0 Å². The van der Waals surface area contributed by atoms with Crippen molar-refractivity contribution in [2.75, 3.05) is 0 Å². The largest absolute Gasteiger partial charge is 0.317 e. The van der Waals surface area contributed by atoms with E-state index in [1.807, 2.05) is 0 Å². The first kappa shape index (κ1) is 11.5. The maximum Gasteiger partial charge on any atom is 0.0558 e. The number of aromatic nitrogens is 1. The first-order valence-corrected chi connectivity index (χ1v) is 10.1. The number of fused-ring (bicyclic) bond motifs is 3. The third-order valence-electron chi connectivity index (χ3n) is 3.69. The Morgan fingerprint density at radius 1 is 1.06 bits per heavy atom. The fourth-order valence-corrected chi connectivity index (χ4v) is 3.85. The van der Waals surface area contributed by atoms with Crippen LogP contribution in [0.15, 0.2) is 42.5 Å². The van der Waals surface area contributed by atoms with Crippen LogP contribution in [0.2, 0.25) is 25.2 Å². The van der Waals surface area contributed by atoms with Crippen LogP contribution < -0.4 is 0 Å². The van der Waals surface area contributed by atoms with E-state index in [2.05, 4.69) is 79.0 Å². The quantitative estimate of drug-likeness (QED) is 0.640. The molecule has 1 nitrogen and oxygen atoms in total. The molecule has 2 heteroatoms. The first-order chi connectivity index (χ1) is 8.55. The summed E-state index contributed by atoms with van der Waals surface area (Å²) in [6.45, 7) is 7.27. The van der Waals surface area contributed by atoms with Crippen LogP contribution in [0.3, 0.4) is 0 Å². The van der Waals surface area contributed by atoms with Gasteiger partial charge in [-0.1, -0.05) is 50.0 Å². The van der Waals surface area contributed by atoms with Gasteiger partial charge in [-0.15, -0.1) is 0 Å². The normalized spacial score (nSPS) is 18.9. The average molecular weight is 253 g/mol. The molecule has 2 aromatic rings. The smallest absolute Gasteiger partial charge is 0.0558 e. The summed E-state index contributed by atoms with van der Waals surface area (Å²) in [5.74, 6) is 0. The summed E-state index contributed by atoms with van der Waals surface area (Å²) < 4.78 is 2.30. The van der Waals surface area contributed by atoms with Crippen LogP contribution in [-0.2, 0) is 0 Å². The Kier molecular flexibility index (Phi) is 2.56. The Morgan fingerprint density at radius 3 is 2.61 bits per heavy atom. The van der Waals surface area contributed by atoms with Crippen LogP contribution in [0.25, 0.3) is 23.2 Å². The van der Waals surface area contributed by atoms with Crippen molar-refractivity contribution in [3.05, 3.63) is 48.2 Å². The lowest BCUT2D eigenvalue weighted by molar-refractivity contribution is 1.19. The maximum atomic E-state index is 2.42. The van der Waals surface area contributed by atoms with Crippen molar-refractivity contribution in [3.8, 4) is 0 Å². The van der Waals surface area contributed by atoms with Crippen molar-refractivity contribution >= 4 is 31.3 Å². The van der Waals surface area contributed by atoms with E-state index in [0.717, 1.165) is 0 Å². The molecule has 0 saturated heterocycles. The zero-order valence-electron chi connectivity index (χ0n) is 11.2. The van der Waals surface area contributed by atoms with E-state index in [1.165, 1.54) is 16.6 Å². The Bertz CT molecular complexity index is 641. The van der Waals surface area contributed by atoms with Crippen LogP contribution >= 0.6 is 0 Å². The summed E-state index contributed by atoms with van der Waals surface area (Å²) in [6, 6.07) is 10.8. The van der Waals surface area contributed by atoms with Gasteiger partial charge in [-0.3, -0.25) is 0 Å². The molecule has 2 heterocycles. The first-order valence-electron chi connectivity index (χ1n) is 6.52. The van der Waals surface area contributed by atoms with Crippen LogP contribution in [0.1, 0.15) is 5.69 Å². The molecule has 0 spiro atoms. The summed E-state index contributed by atoms with van der Waals surface area (Å²) in [5, 5.41) is 1.31. The lowest BCUT2D eigenvalue weighted by Crippen LogP contribution is -2.25. The zero-order valence-corrected chi connectivity index (χ0v) is 12.2. The highest BCUT2D eigenvalue weighted by Crippen LogP contribution is 2.30. The van der Waals surface area contributed by atoms with Crippen molar-refractivity contribution in [2.45, 2.75) is 25.2 Å². The van der Waals surface area contributed by atoms with Gasteiger partial charge in [0.05, 0.1) is 13.6 Å². The summed E-state index contributed by atoms with van der Waals surface area (Å²) in [7, 11) is -1.16. The third kappa shape index (κ3) is 1.87. The van der Waals surface area contributed by atoms with Gasteiger partial charge in [0.1, 0.15) is 0 Å². The minimum Gasteiger partial charge on any atom is -0.317 e. The predicted octanol–water partition coefficient (Wildman–Crippen LogP) is 4.85. The number of nitrogens with zero attached hydrogens (tertiary/aromatic N) is 1. The molecule has 1 aromatic heterocycles. The molecule has 0 saturated carbocycles. The number of para-hydroxylation sites is 1. The topological polar surface area (TPSA) is 4.93 Å². The van der Waals surface area contributed by atoms with E-state index in [4.69, 9.17) is 0 Å². The lowest BCUT2D eigenvalue weighted by atomic mass is 10.2. The molecule has 1 aromatic carbocycles. The van der Waals surface area contributed by atoms with E-state index in [9.17, 15) is 0 Å². The summed E-state index contributed by atoms with van der Waals surface area (Å²) in [6.07, 6.45) is 9.27. The molecule has 1 aliphatic heterocycles. The Morgan fingerprint density at radius 2 is 1.83 bits per heavy atom. The van der Waals surface area contributed by atoms with Gasteiger partial charge in [0.2, 0.25) is 0 Å². The fraction of sp³-hybridized carbons (Fsp3) is 0.250. The number of hydrogen-bond acceptors (Lipinski definition) is 0. The molecule has 0 N–H and O–H groups in total. The fourth-order valence-electron chi connectivity index (χ4n) is 2.51. The summed E-state index contributed by atoms with van der Waals surface area (Å²) in [4.78, 5) is 0. The lowest BCUT2D eigenvalue weighted by Gasteiger charge is -2.22. The molecule has 1 atom stereocenters. The molecule has 1 aliphatic rings. The Balaban J connectivity index is 2.13. The van der Waals surface area contributed by atoms with Crippen LogP contribution in [0.4, 0.5) is 0 Å². The van der Waals surface area contributed by atoms with Crippen molar-refractivity contribution in [2.24, 2.45) is 0 Å². The molecule has 0 bridgehead atoms. The monoisotopic (exact) mass is 253 g/mol. The van der Waals surface area contributed by atoms with E-state index >= 15 is 0 Å². The summed E-state index contributed by atoms with van der Waals surface area (Å²) >= 11 is 0. The standard InChI is InChI=1S/C16H19NSi/c1-18(2,3)15-9-8-14-12-13-6-4-5-7-16(13)17(14)11-10-15/h4-12,15H,1-3H3. The van der Waals surface area contributed by atoms with E-state index in [1.54, 1.807) is 0 Å². The molecule has 92 valence electrons. The van der Waals surface area contributed by atoms with Gasteiger partial charge in [-0.05, 0) is 23.7 Å². The van der Waals surface area contributed by atoms with Gasteiger partial charge < -0.3 is 4.57 Å². The highest BCUT2D eigenvalue weighted by Gasteiger charge is 2.23. The Labute approximate surface area is 109 Å². The second-order valence-electron chi connectivity index (χ2n) is 6.09. The van der Waals surface area contributed by atoms with Gasteiger partial charge in [-0.25, -0.2) is 0 Å². The van der Waals surface area contributed by atoms with E-state index in [-0.39, 0.29) is 0 Å². The van der Waals surface area contributed by atoms with Gasteiger partial charge in [0.15, 0.2) is 0 Å². The highest BCUT2D eigenvalue weighted by molar-refractivity contribution is 6.78. The van der Waals surface area contributed by atoms with Crippen LogP contribution in [0.5, 0.6) is 0 Å². The van der Waals surface area contributed by atoms with Crippen molar-refractivity contribution < 1.29 is 0 Å². The second kappa shape index (κ2) is 3.99. The van der Waals surface area contributed by atoms with Gasteiger partial charge in [0, 0.05) is 17.3 Å². The molecular formula is C16H19NSi. The van der Waals surface area contributed by atoms with Crippen LogP contribution in [0, 0.1) is 0 Å². The molecule has 0 amide bonds. The number of rotatable bonds is 1. The van der Waals surface area contributed by atoms with Crippen molar-refractivity contribution in [1.29, 1.82) is 0 Å². The Hall–Kier alpha value is -1.54. The zero-order chi connectivity index (χ0) is 12.8. The highest BCUT2D eigenvalue weighted by atomic mass is 28.3. The minimum atomic E-state index is -1.16. The maximum absolute atomic E-state index is 2.42. The molecule has 0 radical (unpaired) electrons. The average Bonchev–Trinajstić information content (AvgIpc) is 2.52. The third-order valence-corrected chi connectivity index (χ3v) is 6.08. The molecule has 3 rings (SSSR count). The molecule has 18 heavy (non-hydrogen) atoms. The van der Waals surface area contributed by atoms with Gasteiger partial charge in [-0.2, -0.15) is 0 Å². The van der Waals surface area contributed by atoms with Crippen LogP contribution in [-0.4, -0.2) is 12.6 Å². The summed E-state index contributed by atoms with van der Waals surface area (Å²) in [5.41, 5.74) is 3.20. The number of benzene rings is 1. The SMILES string of the molecule is C[Si](C)(C)C1C=Cc2cc3ccccc3n2C=C1. The molecular weight excluding hydrogens is 234 g/mol. The van der Waals surface area contributed by atoms with Crippen molar-refractivity contribution in [3.63, 3.8) is 0 Å². The number of hydrogen-bond donors (Lipinski definition) is 0. The second-order valence-corrected chi connectivity index (χ2v) is 11.5. The predicted molar refractivity (Wildman–Crippen MR) is 83.4 cm³/mol. The molecule has 0 fully saturated rings. The minimum absolute atomic E-state index is 0.621.